The molecule has 0 radical (unpaired) electrons. The fourth-order valence-corrected chi connectivity index (χ4v) is 5.72. The topological polar surface area (TPSA) is 125 Å². The van der Waals surface area contributed by atoms with Crippen LogP contribution >= 0.6 is 23.4 Å². The Balaban J connectivity index is 1.33. The Morgan fingerprint density at radius 1 is 0.750 bits per heavy atom. The summed E-state index contributed by atoms with van der Waals surface area (Å²) in [5.41, 5.74) is 2.09. The number of carbonyl (C=O) groups is 4. The minimum Gasteiger partial charge on any atom is -0.478 e. The highest BCUT2D eigenvalue weighted by atomic mass is 35.5. The van der Waals surface area contributed by atoms with Crippen LogP contribution in [0.2, 0.25) is 5.02 Å². The van der Waals surface area contributed by atoms with Gasteiger partial charge in [0.15, 0.2) is 0 Å². The van der Waals surface area contributed by atoms with E-state index in [1.54, 1.807) is 54.6 Å². The first kappa shape index (κ1) is 33.6. The first-order valence-electron chi connectivity index (χ1n) is 14.5. The number of nitrogens with one attached hydrogen (secondary N) is 3. The predicted octanol–water partition coefficient (Wildman–Crippen LogP) is 8.06. The fourth-order valence-electron chi connectivity index (χ4n) is 4.49. The largest absolute Gasteiger partial charge is 0.478 e. The molecule has 0 fully saturated rings. The lowest BCUT2D eigenvalue weighted by Gasteiger charge is -2.18. The molecular formula is C37H27ClFN3O5S. The van der Waals surface area contributed by atoms with E-state index in [9.17, 15) is 28.7 Å². The molecule has 11 heteroatoms. The molecule has 4 N–H and O–H groups in total. The fraction of sp³-hybridized carbons (Fsp3) is 0.0270. The van der Waals surface area contributed by atoms with E-state index in [1.165, 1.54) is 60.3 Å². The number of halogens is 2. The minimum absolute atomic E-state index is 0.0528. The van der Waals surface area contributed by atoms with Crippen LogP contribution in [0.15, 0.2) is 138 Å². The number of anilines is 2. The van der Waals surface area contributed by atoms with E-state index < -0.39 is 28.9 Å². The van der Waals surface area contributed by atoms with Crippen LogP contribution in [0.3, 0.4) is 0 Å². The Morgan fingerprint density at radius 2 is 1.38 bits per heavy atom. The third kappa shape index (κ3) is 8.97. The lowest BCUT2D eigenvalue weighted by molar-refractivity contribution is -0.116. The summed E-state index contributed by atoms with van der Waals surface area (Å²) in [6.45, 7) is 0. The monoisotopic (exact) mass is 679 g/mol. The summed E-state index contributed by atoms with van der Waals surface area (Å²) in [5.74, 6) is -3.13. The molecule has 48 heavy (non-hydrogen) atoms. The van der Waals surface area contributed by atoms with Crippen LogP contribution in [-0.4, -0.2) is 28.8 Å². The summed E-state index contributed by atoms with van der Waals surface area (Å²) >= 11 is 7.25. The number of carboxylic acids is 1. The van der Waals surface area contributed by atoms with Gasteiger partial charge in [-0.15, -0.1) is 11.8 Å². The van der Waals surface area contributed by atoms with Crippen molar-refractivity contribution in [2.24, 2.45) is 0 Å². The molecule has 0 aliphatic rings. The van der Waals surface area contributed by atoms with E-state index >= 15 is 0 Å². The zero-order valence-corrected chi connectivity index (χ0v) is 26.6. The molecule has 1 atom stereocenters. The number of hydrogen-bond acceptors (Lipinski definition) is 5. The van der Waals surface area contributed by atoms with Crippen LogP contribution in [0.1, 0.15) is 37.1 Å². The van der Waals surface area contributed by atoms with E-state index in [0.717, 1.165) is 5.56 Å². The van der Waals surface area contributed by atoms with Gasteiger partial charge in [-0.25, -0.2) is 9.18 Å². The molecule has 0 aromatic heterocycles. The van der Waals surface area contributed by atoms with Gasteiger partial charge in [-0.1, -0.05) is 72.3 Å². The molecule has 5 aromatic carbocycles. The van der Waals surface area contributed by atoms with Crippen molar-refractivity contribution in [3.8, 4) is 0 Å². The van der Waals surface area contributed by atoms with E-state index in [4.69, 9.17) is 11.6 Å². The number of carboxylic acid groups (broad SMARTS) is 1. The van der Waals surface area contributed by atoms with Crippen molar-refractivity contribution in [2.45, 2.75) is 10.1 Å². The second kappa shape index (κ2) is 15.7. The first-order chi connectivity index (χ1) is 23.2. The maximum atomic E-state index is 13.5. The molecule has 5 rings (SSSR count). The molecule has 1 unspecified atom stereocenters. The quantitative estimate of drug-likeness (QED) is 0.0827. The van der Waals surface area contributed by atoms with Crippen LogP contribution < -0.4 is 16.0 Å². The SMILES string of the molecule is O=C(Nc1ccc(SC(C(=O)Nc2ccc(Cl)c(C(=O)O)c2)c2ccccc2)cc1)/C(=C/c1ccc(F)cc1)NC(=O)c1ccccc1. The van der Waals surface area contributed by atoms with Gasteiger partial charge in [0.05, 0.1) is 10.6 Å². The van der Waals surface area contributed by atoms with Crippen molar-refractivity contribution in [3.63, 3.8) is 0 Å². The van der Waals surface area contributed by atoms with Crippen LogP contribution in [0.25, 0.3) is 6.08 Å². The van der Waals surface area contributed by atoms with Crippen molar-refractivity contribution in [2.75, 3.05) is 10.6 Å². The van der Waals surface area contributed by atoms with Gasteiger partial charge in [0, 0.05) is 21.8 Å². The van der Waals surface area contributed by atoms with Gasteiger partial charge < -0.3 is 21.1 Å². The minimum atomic E-state index is -1.21. The summed E-state index contributed by atoms with van der Waals surface area (Å²) < 4.78 is 13.5. The standard InChI is InChI=1S/C37H27ClFN3O5S/c38-31-20-17-28(22-30(31)37(46)47)41-36(45)33(24-7-3-1-4-8-24)48-29-18-15-27(16-19-29)40-35(44)32(21-23-11-13-26(39)14-12-23)42-34(43)25-9-5-2-6-10-25/h1-22,33H,(H,40,44)(H,41,45)(H,42,43)(H,46,47)/b32-21-. The molecular weight excluding hydrogens is 653 g/mol. The van der Waals surface area contributed by atoms with Crippen molar-refractivity contribution < 1.29 is 28.7 Å². The summed E-state index contributed by atoms with van der Waals surface area (Å²) in [4.78, 5) is 52.0. The highest BCUT2D eigenvalue weighted by Gasteiger charge is 2.23. The molecule has 0 aliphatic carbocycles. The Bertz CT molecular complexity index is 1970. The Labute approximate surface area is 284 Å². The lowest BCUT2D eigenvalue weighted by atomic mass is 10.1. The molecule has 0 spiro atoms. The summed E-state index contributed by atoms with van der Waals surface area (Å²) in [7, 11) is 0. The first-order valence-corrected chi connectivity index (χ1v) is 15.7. The number of hydrogen-bond donors (Lipinski definition) is 4. The lowest BCUT2D eigenvalue weighted by Crippen LogP contribution is -2.30. The molecule has 5 aromatic rings. The van der Waals surface area contributed by atoms with Gasteiger partial charge in [0.25, 0.3) is 11.8 Å². The molecule has 0 saturated carbocycles. The molecule has 240 valence electrons. The Morgan fingerprint density at radius 3 is 2.02 bits per heavy atom. The van der Waals surface area contributed by atoms with Crippen molar-refractivity contribution >= 4 is 64.5 Å². The second-order valence-corrected chi connectivity index (χ2v) is 11.9. The summed E-state index contributed by atoms with van der Waals surface area (Å²) in [6.07, 6.45) is 1.45. The highest BCUT2D eigenvalue weighted by Crippen LogP contribution is 2.37. The second-order valence-electron chi connectivity index (χ2n) is 10.3. The Kier molecular flexibility index (Phi) is 11.0. The third-order valence-electron chi connectivity index (χ3n) is 6.88. The van der Waals surface area contributed by atoms with Gasteiger partial charge in [0.1, 0.15) is 16.8 Å². The van der Waals surface area contributed by atoms with Gasteiger partial charge in [-0.3, -0.25) is 14.4 Å². The zero-order valence-electron chi connectivity index (χ0n) is 25.0. The van der Waals surface area contributed by atoms with Crippen LogP contribution in [0.4, 0.5) is 15.8 Å². The van der Waals surface area contributed by atoms with Crippen molar-refractivity contribution in [1.82, 2.24) is 5.32 Å². The average molecular weight is 680 g/mol. The summed E-state index contributed by atoms with van der Waals surface area (Å²) in [5, 5.41) is 17.0. The van der Waals surface area contributed by atoms with Gasteiger partial charge in [-0.2, -0.15) is 0 Å². The number of rotatable bonds is 11. The zero-order chi connectivity index (χ0) is 34.0. The van der Waals surface area contributed by atoms with E-state index in [-0.39, 0.29) is 27.9 Å². The number of thioether (sulfide) groups is 1. The molecule has 0 bridgehead atoms. The van der Waals surface area contributed by atoms with E-state index in [2.05, 4.69) is 16.0 Å². The molecule has 0 saturated heterocycles. The predicted molar refractivity (Wildman–Crippen MR) is 185 cm³/mol. The average Bonchev–Trinajstić information content (AvgIpc) is 3.10. The number of carbonyl (C=O) groups excluding carboxylic acids is 3. The van der Waals surface area contributed by atoms with Crippen LogP contribution in [0, 0.1) is 5.82 Å². The number of benzene rings is 5. The van der Waals surface area contributed by atoms with Crippen molar-refractivity contribution in [1.29, 1.82) is 0 Å². The molecule has 3 amide bonds. The molecule has 0 aliphatic heterocycles. The third-order valence-corrected chi connectivity index (χ3v) is 8.48. The number of amides is 3. The molecule has 0 heterocycles. The van der Waals surface area contributed by atoms with Gasteiger partial charge >= 0.3 is 5.97 Å². The normalized spacial score (nSPS) is 11.7. The summed E-state index contributed by atoms with van der Waals surface area (Å²) in [6, 6.07) is 34.0. The maximum Gasteiger partial charge on any atom is 0.337 e. The van der Waals surface area contributed by atoms with E-state index in [1.807, 2.05) is 30.3 Å². The molecule has 8 nitrogen and oxygen atoms in total. The maximum absolute atomic E-state index is 13.5. The van der Waals surface area contributed by atoms with Gasteiger partial charge in [-0.05, 0) is 83.9 Å². The number of aromatic carboxylic acids is 1. The Hall–Kier alpha value is -5.71. The van der Waals surface area contributed by atoms with Crippen molar-refractivity contribution in [3.05, 3.63) is 166 Å². The highest BCUT2D eigenvalue weighted by molar-refractivity contribution is 8.00. The smallest absolute Gasteiger partial charge is 0.337 e. The van der Waals surface area contributed by atoms with Gasteiger partial charge in [0.2, 0.25) is 5.91 Å². The van der Waals surface area contributed by atoms with E-state index in [0.29, 0.717) is 21.7 Å². The van der Waals surface area contributed by atoms with Crippen LogP contribution in [-0.2, 0) is 9.59 Å². The van der Waals surface area contributed by atoms with Crippen LogP contribution in [0.5, 0.6) is 0 Å².